The lowest BCUT2D eigenvalue weighted by atomic mass is 9.32. The zero-order valence-electron chi connectivity index (χ0n) is 40.9. The normalized spacial score (nSPS) is 54.4. The molecule has 19 nitrogen and oxygen atoms in total. The average molecular weight is 975 g/mol. The first-order chi connectivity index (χ1) is 31.8. The van der Waals surface area contributed by atoms with Crippen LogP contribution in [0.1, 0.15) is 99.8 Å². The Morgan fingerprint density at radius 2 is 1.13 bits per heavy atom. The van der Waals surface area contributed by atoms with Gasteiger partial charge < -0.3 is 94.4 Å². The van der Waals surface area contributed by atoms with Crippen molar-refractivity contribution in [2.75, 3.05) is 33.5 Å². The third-order valence-corrected chi connectivity index (χ3v) is 19.7. The molecule has 8 rings (SSSR count). The Hall–Kier alpha value is -1.02. The van der Waals surface area contributed by atoms with Gasteiger partial charge in [-0.1, -0.05) is 60.1 Å². The quantitative estimate of drug-likeness (QED) is 0.113. The molecule has 68 heavy (non-hydrogen) atoms. The van der Waals surface area contributed by atoms with E-state index in [4.69, 9.17) is 33.2 Å². The molecule has 0 spiro atoms. The maximum absolute atomic E-state index is 12.1. The van der Waals surface area contributed by atoms with Gasteiger partial charge in [0.1, 0.15) is 73.2 Å². The number of ether oxygens (including phenoxy) is 7. The Morgan fingerprint density at radius 1 is 0.603 bits per heavy atom. The van der Waals surface area contributed by atoms with Gasteiger partial charge in [-0.3, -0.25) is 0 Å². The fourth-order valence-corrected chi connectivity index (χ4v) is 15.2. The second-order valence-corrected chi connectivity index (χ2v) is 24.0. The molecule has 3 heterocycles. The molecule has 0 unspecified atom stereocenters. The number of aliphatic hydroxyl groups is 12. The molecule has 5 aliphatic carbocycles. The zero-order valence-corrected chi connectivity index (χ0v) is 40.9. The first kappa shape index (κ1) is 53.3. The number of hydrogen-bond donors (Lipinski definition) is 12. The van der Waals surface area contributed by atoms with Crippen LogP contribution in [0, 0.1) is 50.2 Å². The molecule has 25 atom stereocenters. The lowest BCUT2D eigenvalue weighted by molar-refractivity contribution is -0.394. The van der Waals surface area contributed by atoms with E-state index < -0.39 is 140 Å². The molecule has 3 saturated heterocycles. The topological polar surface area (TPSA) is 307 Å². The van der Waals surface area contributed by atoms with Gasteiger partial charge in [-0.15, -0.1) is 0 Å². The summed E-state index contributed by atoms with van der Waals surface area (Å²) in [6.45, 7) is 13.6. The third-order valence-electron chi connectivity index (χ3n) is 19.7. The lowest BCUT2D eigenvalue weighted by Gasteiger charge is -2.73. The highest BCUT2D eigenvalue weighted by Crippen LogP contribution is 2.76. The highest BCUT2D eigenvalue weighted by Gasteiger charge is 2.72. The van der Waals surface area contributed by atoms with E-state index in [2.05, 4.69) is 54.5 Å². The standard InChI is InChI=1S/C49H82O19/c1-44(2)11-13-49(14-12-46(5)22(23(49)17-44)15-24(62-8)40-47(46,6)10-9-28-45(3,4)29(53)16-30(54)48(28,40)7)21-63-42-38(35(59)32(56)26(19-51)65-42)68-43-39(36(60)33(57)27(20-52)66-43)67-41-37(61)34(58)31(55)25(18-50)64-41/h15,23-43,50-61H,9-14,16-21H2,1-8H3/t23-,24-,25-,26+,27+,28+,29+,30+,31+,32+,33+,34+,35-,36-,37-,38-,39+,40+,41-,42-,43+,46-,47-,48+,49+/m0/s1. The molecule has 0 aromatic rings. The summed E-state index contributed by atoms with van der Waals surface area (Å²) in [6.07, 6.45) is -18.6. The molecular weight excluding hydrogens is 893 g/mol. The van der Waals surface area contributed by atoms with E-state index in [1.165, 1.54) is 5.57 Å². The van der Waals surface area contributed by atoms with Gasteiger partial charge in [0.05, 0.1) is 44.7 Å². The number of allylic oxidation sites excluding steroid dienone is 1. The first-order valence-corrected chi connectivity index (χ1v) is 24.9. The van der Waals surface area contributed by atoms with Crippen molar-refractivity contribution < 1.29 is 94.4 Å². The van der Waals surface area contributed by atoms with Crippen molar-refractivity contribution >= 4 is 0 Å². The van der Waals surface area contributed by atoms with Crippen LogP contribution in [0.4, 0.5) is 0 Å². The Bertz CT molecular complexity index is 1800. The highest BCUT2D eigenvalue weighted by atomic mass is 16.8. The van der Waals surface area contributed by atoms with E-state index in [0.29, 0.717) is 6.42 Å². The second-order valence-electron chi connectivity index (χ2n) is 24.0. The van der Waals surface area contributed by atoms with Crippen LogP contribution in [0.3, 0.4) is 0 Å². The average Bonchev–Trinajstić information content (AvgIpc) is 3.29. The molecule has 3 aliphatic heterocycles. The summed E-state index contributed by atoms with van der Waals surface area (Å²) in [6, 6.07) is 0. The SMILES string of the molecule is CO[C@H]1C=C2[C@@H]3CC(C)(C)CC[C@]3(CO[C@H]3O[C@H](CO)[C@@H](O)[C@H](O)[C@@H]3O[C@H]3O[C@H](CO)[C@@H](O)[C@H](O)[C@H]3O[C@@H]3O[C@@H](CO)[C@@H](O)[C@@H](O)[C@@H]3O)CC[C@]2(C)[C@@]2(C)CC[C@@H]3C(C)(C)[C@H](O)C[C@@H](O)[C@]3(C)[C@H]12. The van der Waals surface area contributed by atoms with Gasteiger partial charge in [-0.05, 0) is 78.4 Å². The van der Waals surface area contributed by atoms with Crippen molar-refractivity contribution in [2.45, 2.75) is 210 Å². The minimum absolute atomic E-state index is 0.00690. The van der Waals surface area contributed by atoms with Crippen LogP contribution in [-0.4, -0.2) is 205 Å². The molecule has 0 aromatic heterocycles. The van der Waals surface area contributed by atoms with Crippen LogP contribution in [0.2, 0.25) is 0 Å². The molecule has 19 heteroatoms. The predicted molar refractivity (Wildman–Crippen MR) is 238 cm³/mol. The summed E-state index contributed by atoms with van der Waals surface area (Å²) in [7, 11) is 1.74. The fraction of sp³-hybridized carbons (Fsp3) is 0.959. The predicted octanol–water partition coefficient (Wildman–Crippen LogP) is -0.790. The fourth-order valence-electron chi connectivity index (χ4n) is 15.2. The highest BCUT2D eigenvalue weighted by molar-refractivity contribution is 5.36. The van der Waals surface area contributed by atoms with Crippen molar-refractivity contribution in [2.24, 2.45) is 50.2 Å². The van der Waals surface area contributed by atoms with Gasteiger partial charge in [-0.2, -0.15) is 0 Å². The van der Waals surface area contributed by atoms with E-state index in [9.17, 15) is 61.3 Å². The molecule has 12 N–H and O–H groups in total. The first-order valence-electron chi connectivity index (χ1n) is 24.9. The van der Waals surface area contributed by atoms with E-state index in [-0.39, 0.29) is 46.7 Å². The van der Waals surface area contributed by atoms with Crippen molar-refractivity contribution in [3.63, 3.8) is 0 Å². The summed E-state index contributed by atoms with van der Waals surface area (Å²) >= 11 is 0. The molecular formula is C49H82O19. The van der Waals surface area contributed by atoms with E-state index in [0.717, 1.165) is 44.9 Å². The van der Waals surface area contributed by atoms with E-state index in [1.54, 1.807) is 7.11 Å². The maximum atomic E-state index is 12.1. The van der Waals surface area contributed by atoms with Crippen LogP contribution in [0.25, 0.3) is 0 Å². The number of methoxy groups -OCH3 is 1. The Balaban J connectivity index is 1.11. The molecule has 0 bridgehead atoms. The van der Waals surface area contributed by atoms with Gasteiger partial charge in [0.15, 0.2) is 18.9 Å². The summed E-state index contributed by atoms with van der Waals surface area (Å²) in [5, 5.41) is 131. The molecule has 4 saturated carbocycles. The van der Waals surface area contributed by atoms with Gasteiger partial charge in [0, 0.05) is 30.3 Å². The maximum Gasteiger partial charge on any atom is 0.187 e. The van der Waals surface area contributed by atoms with Gasteiger partial charge in [0.25, 0.3) is 0 Å². The Morgan fingerprint density at radius 3 is 1.72 bits per heavy atom. The number of rotatable bonds is 11. The molecule has 392 valence electrons. The smallest absolute Gasteiger partial charge is 0.187 e. The van der Waals surface area contributed by atoms with Gasteiger partial charge >= 0.3 is 0 Å². The summed E-state index contributed by atoms with van der Waals surface area (Å²) < 4.78 is 43.1. The van der Waals surface area contributed by atoms with Crippen LogP contribution < -0.4 is 0 Å². The summed E-state index contributed by atoms with van der Waals surface area (Å²) in [5.41, 5.74) is -0.772. The van der Waals surface area contributed by atoms with Crippen molar-refractivity contribution in [1.29, 1.82) is 0 Å². The molecule has 7 fully saturated rings. The molecule has 8 aliphatic rings. The zero-order chi connectivity index (χ0) is 49.8. The monoisotopic (exact) mass is 975 g/mol. The van der Waals surface area contributed by atoms with Crippen LogP contribution >= 0.6 is 0 Å². The minimum Gasteiger partial charge on any atom is -0.394 e. The minimum atomic E-state index is -1.92. The van der Waals surface area contributed by atoms with Crippen LogP contribution in [0.5, 0.6) is 0 Å². The van der Waals surface area contributed by atoms with Crippen molar-refractivity contribution in [1.82, 2.24) is 0 Å². The van der Waals surface area contributed by atoms with Gasteiger partial charge in [0.2, 0.25) is 0 Å². The molecule has 0 aromatic carbocycles. The van der Waals surface area contributed by atoms with E-state index >= 15 is 0 Å². The largest absolute Gasteiger partial charge is 0.394 e. The van der Waals surface area contributed by atoms with Crippen LogP contribution in [-0.2, 0) is 33.2 Å². The number of hydrogen-bond acceptors (Lipinski definition) is 19. The third kappa shape index (κ3) is 8.30. The Kier molecular flexibility index (Phi) is 14.9. The molecule has 0 amide bonds. The van der Waals surface area contributed by atoms with Crippen molar-refractivity contribution in [3.8, 4) is 0 Å². The number of aliphatic hydroxyl groups excluding tert-OH is 12. The number of fused-ring (bicyclic) bond motifs is 7. The van der Waals surface area contributed by atoms with Crippen LogP contribution in [0.15, 0.2) is 11.6 Å². The lowest BCUT2D eigenvalue weighted by Crippen LogP contribution is -2.71. The summed E-state index contributed by atoms with van der Waals surface area (Å²) in [5.74, 6) is 0.00561. The second kappa shape index (κ2) is 19.0. The van der Waals surface area contributed by atoms with E-state index in [1.807, 2.05) is 0 Å². The summed E-state index contributed by atoms with van der Waals surface area (Å²) in [4.78, 5) is 0. The molecule has 0 radical (unpaired) electrons. The van der Waals surface area contributed by atoms with Crippen molar-refractivity contribution in [3.05, 3.63) is 11.6 Å². The Labute approximate surface area is 399 Å². The van der Waals surface area contributed by atoms with Gasteiger partial charge in [-0.25, -0.2) is 0 Å².